The van der Waals surface area contributed by atoms with Crippen molar-refractivity contribution >= 4 is 16.9 Å². The Morgan fingerprint density at radius 2 is 2.20 bits per heavy atom. The SMILES string of the molecule is CCN(Cc1oc2ccccc2c1C(=O)NN)C1CC1. The van der Waals surface area contributed by atoms with Crippen molar-refractivity contribution in [2.75, 3.05) is 6.54 Å². The first kappa shape index (κ1) is 13.1. The summed E-state index contributed by atoms with van der Waals surface area (Å²) in [5.74, 6) is 5.71. The standard InChI is InChI=1S/C15H19N3O2/c1-2-18(10-7-8-10)9-13-14(15(19)17-16)11-5-3-4-6-12(11)20-13/h3-6,10H,2,7-9,16H2,1H3,(H,17,19). The van der Waals surface area contributed by atoms with E-state index in [1.165, 1.54) is 12.8 Å². The Kier molecular flexibility index (Phi) is 3.46. The molecule has 0 spiro atoms. The van der Waals surface area contributed by atoms with Crippen molar-refractivity contribution in [1.82, 2.24) is 10.3 Å². The van der Waals surface area contributed by atoms with E-state index in [0.717, 1.165) is 17.5 Å². The van der Waals surface area contributed by atoms with Crippen molar-refractivity contribution in [3.63, 3.8) is 0 Å². The van der Waals surface area contributed by atoms with E-state index in [9.17, 15) is 4.79 Å². The summed E-state index contributed by atoms with van der Waals surface area (Å²) in [7, 11) is 0. The van der Waals surface area contributed by atoms with Gasteiger partial charge in [-0.05, 0) is 25.5 Å². The van der Waals surface area contributed by atoms with Gasteiger partial charge in [0.2, 0.25) is 0 Å². The molecule has 20 heavy (non-hydrogen) atoms. The number of nitrogen functional groups attached to an aromatic ring is 1. The van der Waals surface area contributed by atoms with Crippen LogP contribution in [0.4, 0.5) is 0 Å². The molecule has 2 aromatic rings. The molecule has 5 heteroatoms. The number of nitrogens with one attached hydrogen (secondary N) is 1. The largest absolute Gasteiger partial charge is 0.459 e. The van der Waals surface area contributed by atoms with Gasteiger partial charge >= 0.3 is 0 Å². The zero-order valence-electron chi connectivity index (χ0n) is 11.6. The maximum Gasteiger partial charge on any atom is 0.269 e. The molecule has 106 valence electrons. The molecule has 0 unspecified atom stereocenters. The molecule has 0 radical (unpaired) electrons. The van der Waals surface area contributed by atoms with Crippen LogP contribution >= 0.6 is 0 Å². The quantitative estimate of drug-likeness (QED) is 0.496. The lowest BCUT2D eigenvalue weighted by molar-refractivity contribution is 0.0951. The molecular weight excluding hydrogens is 254 g/mol. The number of hydrogen-bond acceptors (Lipinski definition) is 4. The summed E-state index contributed by atoms with van der Waals surface area (Å²) in [5, 5.41) is 0.817. The van der Waals surface area contributed by atoms with Crippen LogP contribution in [0.1, 0.15) is 35.9 Å². The van der Waals surface area contributed by atoms with Crippen LogP contribution in [-0.2, 0) is 6.54 Å². The molecule has 1 aromatic heterocycles. The van der Waals surface area contributed by atoms with Crippen molar-refractivity contribution in [2.45, 2.75) is 32.4 Å². The number of rotatable bonds is 5. The molecule has 0 aliphatic heterocycles. The number of carbonyl (C=O) groups excluding carboxylic acids is 1. The molecule has 1 aliphatic carbocycles. The monoisotopic (exact) mass is 273 g/mol. The molecule has 3 rings (SSSR count). The van der Waals surface area contributed by atoms with Crippen LogP contribution in [0.5, 0.6) is 0 Å². The highest BCUT2D eigenvalue weighted by Gasteiger charge is 2.30. The fraction of sp³-hybridized carbons (Fsp3) is 0.400. The maximum atomic E-state index is 12.1. The second-order valence-electron chi connectivity index (χ2n) is 5.16. The molecule has 0 bridgehead atoms. The van der Waals surface area contributed by atoms with Crippen LogP contribution in [0.2, 0.25) is 0 Å². The molecule has 5 nitrogen and oxygen atoms in total. The predicted molar refractivity (Wildman–Crippen MR) is 77.0 cm³/mol. The first-order chi connectivity index (χ1) is 9.74. The highest BCUT2D eigenvalue weighted by atomic mass is 16.3. The third kappa shape index (κ3) is 2.30. The minimum absolute atomic E-state index is 0.295. The highest BCUT2D eigenvalue weighted by Crippen LogP contribution is 2.31. The first-order valence-electron chi connectivity index (χ1n) is 7.00. The van der Waals surface area contributed by atoms with Gasteiger partial charge in [-0.15, -0.1) is 0 Å². The molecule has 0 saturated heterocycles. The van der Waals surface area contributed by atoms with Crippen molar-refractivity contribution in [1.29, 1.82) is 0 Å². The lowest BCUT2D eigenvalue weighted by atomic mass is 10.1. The van der Waals surface area contributed by atoms with E-state index in [1.54, 1.807) is 0 Å². The van der Waals surface area contributed by atoms with Crippen LogP contribution in [0.15, 0.2) is 28.7 Å². The van der Waals surface area contributed by atoms with Crippen LogP contribution in [0.3, 0.4) is 0 Å². The zero-order chi connectivity index (χ0) is 14.1. The van der Waals surface area contributed by atoms with Crippen molar-refractivity contribution < 1.29 is 9.21 Å². The van der Waals surface area contributed by atoms with Gasteiger partial charge in [-0.25, -0.2) is 5.84 Å². The second kappa shape index (κ2) is 5.26. The van der Waals surface area contributed by atoms with Crippen LogP contribution < -0.4 is 11.3 Å². The summed E-state index contributed by atoms with van der Waals surface area (Å²) >= 11 is 0. The molecule has 1 aliphatic rings. The van der Waals surface area contributed by atoms with Gasteiger partial charge in [0.05, 0.1) is 12.1 Å². The molecule has 0 atom stereocenters. The number of furan rings is 1. The number of amides is 1. The molecule has 1 amide bonds. The summed E-state index contributed by atoms with van der Waals surface area (Å²) in [6.45, 7) is 3.73. The van der Waals surface area contributed by atoms with E-state index >= 15 is 0 Å². The Bertz CT molecular complexity index is 631. The average Bonchev–Trinajstić information content (AvgIpc) is 3.25. The van der Waals surface area contributed by atoms with E-state index in [0.29, 0.717) is 23.9 Å². The Balaban J connectivity index is 2.01. The fourth-order valence-electron chi connectivity index (χ4n) is 2.65. The number of hydrogen-bond donors (Lipinski definition) is 2. The number of carbonyl (C=O) groups is 1. The van der Waals surface area contributed by atoms with E-state index < -0.39 is 0 Å². The van der Waals surface area contributed by atoms with E-state index in [-0.39, 0.29) is 5.91 Å². The van der Waals surface area contributed by atoms with Gasteiger partial charge in [-0.2, -0.15) is 0 Å². The summed E-state index contributed by atoms with van der Waals surface area (Å²) in [6, 6.07) is 8.19. The normalized spacial score (nSPS) is 14.9. The Labute approximate surface area is 117 Å². The Hall–Kier alpha value is -1.85. The van der Waals surface area contributed by atoms with Crippen molar-refractivity contribution in [3.05, 3.63) is 35.6 Å². The van der Waals surface area contributed by atoms with Gasteiger partial charge in [-0.1, -0.05) is 25.1 Å². The topological polar surface area (TPSA) is 71.5 Å². The maximum absolute atomic E-state index is 12.1. The molecular formula is C15H19N3O2. The minimum atomic E-state index is -0.295. The summed E-state index contributed by atoms with van der Waals surface area (Å²) in [4.78, 5) is 14.4. The number of hydrazine groups is 1. The van der Waals surface area contributed by atoms with Gasteiger partial charge in [-0.3, -0.25) is 15.1 Å². The molecule has 1 fully saturated rings. The van der Waals surface area contributed by atoms with Crippen molar-refractivity contribution in [3.8, 4) is 0 Å². The van der Waals surface area contributed by atoms with Crippen LogP contribution in [0, 0.1) is 0 Å². The van der Waals surface area contributed by atoms with E-state index in [2.05, 4.69) is 17.2 Å². The minimum Gasteiger partial charge on any atom is -0.459 e. The molecule has 3 N–H and O–H groups in total. The third-order valence-electron chi connectivity index (χ3n) is 3.84. The molecule has 1 heterocycles. The number of para-hydroxylation sites is 1. The van der Waals surface area contributed by atoms with E-state index in [1.807, 2.05) is 24.3 Å². The first-order valence-corrected chi connectivity index (χ1v) is 7.00. The van der Waals surface area contributed by atoms with Crippen molar-refractivity contribution in [2.24, 2.45) is 5.84 Å². The number of fused-ring (bicyclic) bond motifs is 1. The average molecular weight is 273 g/mol. The number of benzene rings is 1. The van der Waals surface area contributed by atoms with Gasteiger partial charge in [0.1, 0.15) is 11.3 Å². The van der Waals surface area contributed by atoms with E-state index in [4.69, 9.17) is 10.3 Å². The highest BCUT2D eigenvalue weighted by molar-refractivity contribution is 6.07. The zero-order valence-corrected chi connectivity index (χ0v) is 11.6. The fourth-order valence-corrected chi connectivity index (χ4v) is 2.65. The molecule has 1 aromatic carbocycles. The summed E-state index contributed by atoms with van der Waals surface area (Å²) < 4.78 is 5.87. The summed E-state index contributed by atoms with van der Waals surface area (Å²) in [6.07, 6.45) is 2.46. The second-order valence-corrected chi connectivity index (χ2v) is 5.16. The number of nitrogens with two attached hydrogens (primary N) is 1. The Morgan fingerprint density at radius 3 is 2.85 bits per heavy atom. The summed E-state index contributed by atoms with van der Waals surface area (Å²) in [5.41, 5.74) is 3.51. The smallest absolute Gasteiger partial charge is 0.269 e. The lowest BCUT2D eigenvalue weighted by Gasteiger charge is -2.18. The van der Waals surface area contributed by atoms with Gasteiger partial charge in [0.15, 0.2) is 0 Å². The van der Waals surface area contributed by atoms with Gasteiger partial charge in [0.25, 0.3) is 5.91 Å². The number of nitrogens with zero attached hydrogens (tertiary/aromatic N) is 1. The molecule has 1 saturated carbocycles. The third-order valence-corrected chi connectivity index (χ3v) is 3.84. The lowest BCUT2D eigenvalue weighted by Crippen LogP contribution is -2.32. The van der Waals surface area contributed by atoms with Gasteiger partial charge < -0.3 is 4.42 Å². The van der Waals surface area contributed by atoms with Crippen LogP contribution in [-0.4, -0.2) is 23.4 Å². The predicted octanol–water partition coefficient (Wildman–Crippen LogP) is 2.02. The Morgan fingerprint density at radius 1 is 1.45 bits per heavy atom. The van der Waals surface area contributed by atoms with Gasteiger partial charge in [0, 0.05) is 11.4 Å². The van der Waals surface area contributed by atoms with Crippen LogP contribution in [0.25, 0.3) is 11.0 Å².